The van der Waals surface area contributed by atoms with E-state index < -0.39 is 6.10 Å². The van der Waals surface area contributed by atoms with Gasteiger partial charge in [0, 0.05) is 17.5 Å². The molecule has 1 saturated heterocycles. The first-order valence-corrected chi connectivity index (χ1v) is 10.3. The summed E-state index contributed by atoms with van der Waals surface area (Å²) in [5.41, 5.74) is 2.09. The molecule has 1 atom stereocenters. The second-order valence-electron chi connectivity index (χ2n) is 7.63. The Bertz CT molecular complexity index is 725. The number of piperazine rings is 1. The van der Waals surface area contributed by atoms with Gasteiger partial charge in [-0.1, -0.05) is 37.3 Å². The van der Waals surface area contributed by atoms with Gasteiger partial charge in [-0.25, -0.2) is 0 Å². The molecule has 0 spiro atoms. The van der Waals surface area contributed by atoms with E-state index >= 15 is 0 Å². The smallest absolute Gasteiger partial charge is 0.162 e. The minimum atomic E-state index is -0.484. The van der Waals surface area contributed by atoms with Crippen LogP contribution in [0.4, 0.5) is 0 Å². The third-order valence-electron chi connectivity index (χ3n) is 5.43. The Morgan fingerprint density at radius 1 is 1.00 bits per heavy atom. The molecule has 0 aromatic heterocycles. The van der Waals surface area contributed by atoms with Gasteiger partial charge in [0.2, 0.25) is 0 Å². The third-order valence-corrected chi connectivity index (χ3v) is 5.43. The Morgan fingerprint density at radius 2 is 1.64 bits per heavy atom. The number of Topliss-reactive ketones (excluding diaryl/α,β-unsaturated/α-hetero) is 1. The normalized spacial score (nSPS) is 20.5. The van der Waals surface area contributed by atoms with Crippen molar-refractivity contribution in [2.45, 2.75) is 26.0 Å². The molecule has 0 amide bonds. The molecule has 5 heteroatoms. The van der Waals surface area contributed by atoms with Gasteiger partial charge in [0.25, 0.3) is 0 Å². The highest BCUT2D eigenvalue weighted by molar-refractivity contribution is 5.95. The van der Waals surface area contributed by atoms with Gasteiger partial charge in [-0.05, 0) is 24.3 Å². The maximum absolute atomic E-state index is 11.7. The Balaban J connectivity index is 1.36. The minimum absolute atomic E-state index is 0.128. The monoisotopic (exact) mass is 384 g/mol. The van der Waals surface area contributed by atoms with E-state index in [1.54, 1.807) is 29.2 Å². The molecule has 2 aromatic carbocycles. The van der Waals surface area contributed by atoms with E-state index in [0.717, 1.165) is 32.7 Å². The number of ketones is 1. The van der Waals surface area contributed by atoms with Gasteiger partial charge in [-0.2, -0.15) is 0 Å². The summed E-state index contributed by atoms with van der Waals surface area (Å²) < 4.78 is 5.70. The maximum Gasteiger partial charge on any atom is 0.162 e. The van der Waals surface area contributed by atoms with Crippen LogP contribution in [0.25, 0.3) is 0 Å². The molecule has 2 aromatic rings. The Labute approximate surface area is 167 Å². The highest BCUT2D eigenvalue weighted by Gasteiger charge is 2.25. The van der Waals surface area contributed by atoms with Crippen LogP contribution < -0.4 is 14.5 Å². The van der Waals surface area contributed by atoms with E-state index in [0.29, 0.717) is 24.3 Å². The van der Waals surface area contributed by atoms with Crippen LogP contribution in [-0.2, 0) is 6.54 Å². The zero-order valence-corrected chi connectivity index (χ0v) is 16.7. The molecule has 5 nitrogen and oxygen atoms in total. The van der Waals surface area contributed by atoms with Gasteiger partial charge in [-0.15, -0.1) is 0 Å². The molecule has 0 bridgehead atoms. The molecule has 0 aliphatic carbocycles. The fourth-order valence-electron chi connectivity index (χ4n) is 3.75. The molecule has 1 heterocycles. The Hall–Kier alpha value is -2.21. The summed E-state index contributed by atoms with van der Waals surface area (Å²) >= 11 is 0. The number of carbonyl (C=O) groups excluding carboxylic acids is 1. The summed E-state index contributed by atoms with van der Waals surface area (Å²) in [6, 6.07) is 17.8. The largest absolute Gasteiger partial charge is 0.491 e. The lowest BCUT2D eigenvalue weighted by atomic mass is 10.1. The number of hydrogen-bond donors (Lipinski definition) is 3. The highest BCUT2D eigenvalue weighted by atomic mass is 16.5. The zero-order chi connectivity index (χ0) is 19.8. The molecule has 150 valence electrons. The number of aliphatic hydroxyl groups excluding tert-OH is 1. The third kappa shape index (κ3) is 6.16. The SMILES string of the molecule is CCC(=O)c1ccc(OC[C@H](O)C[NH+]2CC[NH+](Cc3ccccc3)CC2)cc1. The number of ether oxygens (including phenoxy) is 1. The summed E-state index contributed by atoms with van der Waals surface area (Å²) in [7, 11) is 0. The average molecular weight is 385 g/mol. The summed E-state index contributed by atoms with van der Waals surface area (Å²) in [6.07, 6.45) is 0.0183. The van der Waals surface area contributed by atoms with Crippen molar-refractivity contribution in [2.75, 3.05) is 39.3 Å². The van der Waals surface area contributed by atoms with Gasteiger partial charge in [0.15, 0.2) is 5.78 Å². The first kappa shape index (κ1) is 20.5. The van der Waals surface area contributed by atoms with Crippen molar-refractivity contribution in [3.8, 4) is 5.75 Å². The number of hydrogen-bond acceptors (Lipinski definition) is 3. The Kier molecular flexibility index (Phi) is 7.60. The van der Waals surface area contributed by atoms with Crippen molar-refractivity contribution in [2.24, 2.45) is 0 Å². The molecular formula is C23H32N2O3+2. The van der Waals surface area contributed by atoms with Crippen LogP contribution in [0.1, 0.15) is 29.3 Å². The van der Waals surface area contributed by atoms with Crippen molar-refractivity contribution in [1.82, 2.24) is 0 Å². The van der Waals surface area contributed by atoms with E-state index in [2.05, 4.69) is 30.3 Å². The second kappa shape index (κ2) is 10.4. The van der Waals surface area contributed by atoms with Crippen LogP contribution in [0.2, 0.25) is 0 Å². The lowest BCUT2D eigenvalue weighted by Gasteiger charge is -2.30. The molecule has 3 rings (SSSR count). The summed E-state index contributed by atoms with van der Waals surface area (Å²) in [5.74, 6) is 0.822. The predicted octanol–water partition coefficient (Wildman–Crippen LogP) is 0.00260. The average Bonchev–Trinajstić information content (AvgIpc) is 2.74. The van der Waals surface area contributed by atoms with Gasteiger partial charge in [-0.3, -0.25) is 4.79 Å². The van der Waals surface area contributed by atoms with E-state index in [4.69, 9.17) is 4.74 Å². The first-order valence-electron chi connectivity index (χ1n) is 10.3. The van der Waals surface area contributed by atoms with E-state index in [1.807, 2.05) is 6.92 Å². The molecule has 1 aliphatic rings. The zero-order valence-electron chi connectivity index (χ0n) is 16.7. The molecule has 3 N–H and O–H groups in total. The molecule has 0 saturated carbocycles. The van der Waals surface area contributed by atoms with Gasteiger partial charge >= 0.3 is 0 Å². The molecule has 1 fully saturated rings. The van der Waals surface area contributed by atoms with Crippen molar-refractivity contribution in [3.05, 3.63) is 65.7 Å². The number of benzene rings is 2. The van der Waals surface area contributed by atoms with Crippen molar-refractivity contribution in [1.29, 1.82) is 0 Å². The van der Waals surface area contributed by atoms with Gasteiger partial charge < -0.3 is 19.6 Å². The van der Waals surface area contributed by atoms with Crippen LogP contribution in [0, 0.1) is 0 Å². The number of carbonyl (C=O) groups is 1. The standard InChI is InChI=1S/C23H30N2O3/c1-2-23(27)20-8-10-22(11-9-20)28-18-21(26)17-25-14-12-24(13-15-25)16-19-6-4-3-5-7-19/h3-11,21,26H,2,12-18H2,1H3/p+2/t21-/m1/s1. The number of rotatable bonds is 9. The number of nitrogens with one attached hydrogen (secondary N) is 2. The molecular weight excluding hydrogens is 352 g/mol. The molecule has 0 radical (unpaired) electrons. The lowest BCUT2D eigenvalue weighted by Crippen LogP contribution is -3.28. The van der Waals surface area contributed by atoms with Crippen LogP contribution in [0.5, 0.6) is 5.75 Å². The highest BCUT2D eigenvalue weighted by Crippen LogP contribution is 2.13. The fraction of sp³-hybridized carbons (Fsp3) is 0.435. The summed E-state index contributed by atoms with van der Waals surface area (Å²) in [6.45, 7) is 8.34. The van der Waals surface area contributed by atoms with Crippen LogP contribution >= 0.6 is 0 Å². The first-order chi connectivity index (χ1) is 13.6. The van der Waals surface area contributed by atoms with E-state index in [9.17, 15) is 9.90 Å². The molecule has 28 heavy (non-hydrogen) atoms. The van der Waals surface area contributed by atoms with E-state index in [1.165, 1.54) is 10.5 Å². The van der Waals surface area contributed by atoms with Crippen molar-refractivity contribution < 1.29 is 24.4 Å². The summed E-state index contributed by atoms with van der Waals surface area (Å²) in [5, 5.41) is 10.3. The van der Waals surface area contributed by atoms with Crippen molar-refractivity contribution >= 4 is 5.78 Å². The second-order valence-corrected chi connectivity index (χ2v) is 7.63. The quantitative estimate of drug-likeness (QED) is 0.534. The summed E-state index contributed by atoms with van der Waals surface area (Å²) in [4.78, 5) is 14.7. The van der Waals surface area contributed by atoms with Crippen LogP contribution in [0.3, 0.4) is 0 Å². The molecule has 0 unspecified atom stereocenters. The topological polar surface area (TPSA) is 55.4 Å². The van der Waals surface area contributed by atoms with Crippen molar-refractivity contribution in [3.63, 3.8) is 0 Å². The van der Waals surface area contributed by atoms with Crippen LogP contribution in [-0.4, -0.2) is 56.3 Å². The Morgan fingerprint density at radius 3 is 2.29 bits per heavy atom. The van der Waals surface area contributed by atoms with Gasteiger partial charge in [0.05, 0.1) is 0 Å². The predicted molar refractivity (Wildman–Crippen MR) is 109 cm³/mol. The lowest BCUT2D eigenvalue weighted by molar-refractivity contribution is -1.02. The van der Waals surface area contributed by atoms with Gasteiger partial charge in [0.1, 0.15) is 57.7 Å². The number of quaternary nitrogens is 2. The van der Waals surface area contributed by atoms with Crippen LogP contribution in [0.15, 0.2) is 54.6 Å². The minimum Gasteiger partial charge on any atom is -0.491 e. The molecule has 1 aliphatic heterocycles. The number of aliphatic hydroxyl groups is 1. The maximum atomic E-state index is 11.7. The fourth-order valence-corrected chi connectivity index (χ4v) is 3.75. The van der Waals surface area contributed by atoms with E-state index in [-0.39, 0.29) is 12.4 Å².